The fraction of sp³-hybridized carbons (Fsp3) is 0.938. The molecule has 0 aliphatic heterocycles. The van der Waals surface area contributed by atoms with Gasteiger partial charge in [0, 0.05) is 12.5 Å². The molecule has 0 bridgehead atoms. The summed E-state index contributed by atoms with van der Waals surface area (Å²) < 4.78 is 11.3. The second-order valence-electron chi connectivity index (χ2n) is 7.68. The predicted molar refractivity (Wildman–Crippen MR) is 87.3 cm³/mol. The number of hydrogen-bond acceptors (Lipinski definition) is 3. The Kier molecular flexibility index (Phi) is 7.46. The average molecular weight is 303 g/mol. The average Bonchev–Trinajstić information content (AvgIpc) is 2.30. The third-order valence-corrected chi connectivity index (χ3v) is 8.96. The molecule has 120 valence electrons. The van der Waals surface area contributed by atoms with Crippen molar-refractivity contribution in [3.8, 4) is 0 Å². The van der Waals surface area contributed by atoms with E-state index < -0.39 is 8.32 Å². The maximum Gasteiger partial charge on any atom is 0.305 e. The zero-order valence-electron chi connectivity index (χ0n) is 14.9. The molecule has 0 unspecified atom stereocenters. The highest BCUT2D eigenvalue weighted by Gasteiger charge is 2.40. The number of carbonyl (C=O) groups excluding carboxylic acids is 1. The summed E-state index contributed by atoms with van der Waals surface area (Å²) >= 11 is 0. The molecular weight excluding hydrogens is 268 g/mol. The van der Waals surface area contributed by atoms with E-state index in [0.29, 0.717) is 18.3 Å². The summed E-state index contributed by atoms with van der Waals surface area (Å²) in [6.07, 6.45) is 1.51. The fourth-order valence-corrected chi connectivity index (χ4v) is 3.58. The van der Waals surface area contributed by atoms with Gasteiger partial charge in [-0.3, -0.25) is 4.79 Å². The molecule has 4 heteroatoms. The summed E-state index contributed by atoms with van der Waals surface area (Å²) in [5.74, 6) is 0.687. The van der Waals surface area contributed by atoms with Crippen LogP contribution in [0.25, 0.3) is 0 Å². The van der Waals surface area contributed by atoms with E-state index in [1.165, 1.54) is 7.11 Å². The maximum atomic E-state index is 11.3. The molecule has 0 saturated carbocycles. The lowest BCUT2D eigenvalue weighted by Crippen LogP contribution is -2.47. The SMILES string of the molecule is COC(=O)CC[C@H](C)[C@H](O[Si](C)(C)C(C)(C)C)C(C)C. The van der Waals surface area contributed by atoms with Crippen LogP contribution in [-0.2, 0) is 14.0 Å². The van der Waals surface area contributed by atoms with Gasteiger partial charge in [-0.25, -0.2) is 0 Å². The summed E-state index contributed by atoms with van der Waals surface area (Å²) in [5, 5.41) is 0.211. The van der Waals surface area contributed by atoms with Crippen molar-refractivity contribution in [3.05, 3.63) is 0 Å². The lowest BCUT2D eigenvalue weighted by molar-refractivity contribution is -0.141. The molecule has 0 rings (SSSR count). The Morgan fingerprint density at radius 1 is 1.15 bits per heavy atom. The van der Waals surface area contributed by atoms with Crippen LogP contribution in [-0.4, -0.2) is 27.5 Å². The van der Waals surface area contributed by atoms with Crippen molar-refractivity contribution in [3.63, 3.8) is 0 Å². The first-order chi connectivity index (χ1) is 8.92. The van der Waals surface area contributed by atoms with E-state index in [0.717, 1.165) is 6.42 Å². The van der Waals surface area contributed by atoms with Crippen molar-refractivity contribution in [1.82, 2.24) is 0 Å². The lowest BCUT2D eigenvalue weighted by Gasteiger charge is -2.42. The Labute approximate surface area is 126 Å². The number of rotatable bonds is 7. The van der Waals surface area contributed by atoms with Gasteiger partial charge in [-0.2, -0.15) is 0 Å². The van der Waals surface area contributed by atoms with E-state index in [9.17, 15) is 4.79 Å². The molecule has 0 aliphatic carbocycles. The van der Waals surface area contributed by atoms with E-state index in [-0.39, 0.29) is 17.1 Å². The molecule has 0 saturated heterocycles. The second kappa shape index (κ2) is 7.60. The van der Waals surface area contributed by atoms with Crippen molar-refractivity contribution in [1.29, 1.82) is 0 Å². The minimum atomic E-state index is -1.77. The molecule has 0 fully saturated rings. The van der Waals surface area contributed by atoms with E-state index in [1.54, 1.807) is 0 Å². The minimum Gasteiger partial charge on any atom is -0.469 e. The molecule has 0 aromatic rings. The minimum absolute atomic E-state index is 0.133. The quantitative estimate of drug-likeness (QED) is 0.508. The molecule has 0 aromatic carbocycles. The second-order valence-corrected chi connectivity index (χ2v) is 12.4. The standard InChI is InChI=1S/C16H34O3Si/c1-12(2)15(13(3)10-11-14(17)18-7)19-20(8,9)16(4,5)6/h12-13,15H,10-11H2,1-9H3/t13-,15+/m0/s1. The highest BCUT2D eigenvalue weighted by atomic mass is 28.4. The Bertz CT molecular complexity index is 305. The van der Waals surface area contributed by atoms with Gasteiger partial charge in [0.05, 0.1) is 7.11 Å². The smallest absolute Gasteiger partial charge is 0.305 e. The lowest BCUT2D eigenvalue weighted by atomic mass is 9.91. The van der Waals surface area contributed by atoms with Gasteiger partial charge in [0.25, 0.3) is 0 Å². The van der Waals surface area contributed by atoms with Crippen LogP contribution in [0.3, 0.4) is 0 Å². The number of methoxy groups -OCH3 is 1. The summed E-state index contributed by atoms with van der Waals surface area (Å²) in [7, 11) is -0.331. The van der Waals surface area contributed by atoms with Crippen LogP contribution >= 0.6 is 0 Å². The van der Waals surface area contributed by atoms with Crippen LogP contribution in [0.1, 0.15) is 54.4 Å². The molecule has 0 heterocycles. The summed E-state index contributed by atoms with van der Waals surface area (Å²) in [6.45, 7) is 17.9. The molecule has 3 nitrogen and oxygen atoms in total. The Hall–Kier alpha value is -0.353. The van der Waals surface area contributed by atoms with Gasteiger partial charge >= 0.3 is 5.97 Å². The van der Waals surface area contributed by atoms with Gasteiger partial charge in [0.1, 0.15) is 0 Å². The van der Waals surface area contributed by atoms with E-state index in [1.807, 2.05) is 0 Å². The topological polar surface area (TPSA) is 35.5 Å². The Balaban J connectivity index is 4.77. The van der Waals surface area contributed by atoms with Crippen LogP contribution < -0.4 is 0 Å². The van der Waals surface area contributed by atoms with Gasteiger partial charge in [-0.1, -0.05) is 41.5 Å². The van der Waals surface area contributed by atoms with Crippen LogP contribution in [0.2, 0.25) is 18.1 Å². The van der Waals surface area contributed by atoms with Gasteiger partial charge < -0.3 is 9.16 Å². The first-order valence-corrected chi connectivity index (χ1v) is 10.6. The highest BCUT2D eigenvalue weighted by molar-refractivity contribution is 6.74. The Morgan fingerprint density at radius 3 is 2.00 bits per heavy atom. The third-order valence-electron chi connectivity index (χ3n) is 4.49. The Morgan fingerprint density at radius 2 is 1.65 bits per heavy atom. The molecule has 0 aromatic heterocycles. The predicted octanol–water partition coefficient (Wildman–Crippen LogP) is 4.62. The molecule has 0 N–H and O–H groups in total. The van der Waals surface area contributed by atoms with Gasteiger partial charge in [0.15, 0.2) is 8.32 Å². The monoisotopic (exact) mass is 302 g/mol. The van der Waals surface area contributed by atoms with Crippen LogP contribution in [0, 0.1) is 11.8 Å². The van der Waals surface area contributed by atoms with Crippen LogP contribution in [0.15, 0.2) is 0 Å². The largest absolute Gasteiger partial charge is 0.469 e. The normalized spacial score (nSPS) is 16.1. The zero-order valence-corrected chi connectivity index (χ0v) is 15.9. The number of hydrogen-bond donors (Lipinski definition) is 0. The van der Waals surface area contributed by atoms with E-state index in [2.05, 4.69) is 54.6 Å². The first kappa shape index (κ1) is 19.6. The fourth-order valence-electron chi connectivity index (χ4n) is 2.04. The van der Waals surface area contributed by atoms with Crippen molar-refractivity contribution < 1.29 is 14.0 Å². The van der Waals surface area contributed by atoms with Crippen LogP contribution in [0.4, 0.5) is 0 Å². The molecule has 0 radical (unpaired) electrons. The van der Waals surface area contributed by atoms with Crippen LogP contribution in [0.5, 0.6) is 0 Å². The molecule has 2 atom stereocenters. The van der Waals surface area contributed by atoms with Crippen molar-refractivity contribution in [2.24, 2.45) is 11.8 Å². The zero-order chi connectivity index (χ0) is 16.1. The van der Waals surface area contributed by atoms with Crippen molar-refractivity contribution >= 4 is 14.3 Å². The van der Waals surface area contributed by atoms with E-state index in [4.69, 9.17) is 9.16 Å². The van der Waals surface area contributed by atoms with E-state index >= 15 is 0 Å². The molecule has 20 heavy (non-hydrogen) atoms. The number of esters is 1. The third kappa shape index (κ3) is 5.96. The highest BCUT2D eigenvalue weighted by Crippen LogP contribution is 2.39. The van der Waals surface area contributed by atoms with Crippen molar-refractivity contribution in [2.45, 2.75) is 78.6 Å². The molecular formula is C16H34O3Si. The molecule has 0 aliphatic rings. The summed E-state index contributed by atoms with van der Waals surface area (Å²) in [5.41, 5.74) is 0. The first-order valence-electron chi connectivity index (χ1n) is 7.67. The number of carbonyl (C=O) groups is 1. The van der Waals surface area contributed by atoms with Crippen molar-refractivity contribution in [2.75, 3.05) is 7.11 Å². The molecule has 0 spiro atoms. The van der Waals surface area contributed by atoms with Gasteiger partial charge in [0.2, 0.25) is 0 Å². The summed E-state index contributed by atoms with van der Waals surface area (Å²) in [4.78, 5) is 11.3. The number of ether oxygens (including phenoxy) is 1. The molecule has 0 amide bonds. The van der Waals surface area contributed by atoms with Gasteiger partial charge in [-0.05, 0) is 36.4 Å². The maximum absolute atomic E-state index is 11.3. The summed E-state index contributed by atoms with van der Waals surface area (Å²) in [6, 6.07) is 0. The van der Waals surface area contributed by atoms with Gasteiger partial charge in [-0.15, -0.1) is 0 Å².